The molecule has 0 aliphatic carbocycles. The topological polar surface area (TPSA) is 55.6 Å². The van der Waals surface area contributed by atoms with Crippen LogP contribution in [0, 0.1) is 0 Å². The van der Waals surface area contributed by atoms with E-state index in [4.69, 9.17) is 10.5 Å². The van der Waals surface area contributed by atoms with Gasteiger partial charge in [0.25, 0.3) is 5.91 Å². The molecular formula is C13H13F3N2O2S. The summed E-state index contributed by atoms with van der Waals surface area (Å²) in [6, 6.07) is 5.05. The van der Waals surface area contributed by atoms with Gasteiger partial charge in [0.05, 0.1) is 12.8 Å². The SMILES string of the molecule is COc1ccc2c(N)c(C(=O)N(C)CC(F)(F)F)sc2c1. The Balaban J connectivity index is 2.37. The number of benzene rings is 1. The lowest BCUT2D eigenvalue weighted by molar-refractivity contribution is -0.138. The van der Waals surface area contributed by atoms with Crippen LogP contribution in [0.1, 0.15) is 9.67 Å². The van der Waals surface area contributed by atoms with Crippen LogP contribution in [-0.2, 0) is 0 Å². The Bertz CT molecular complexity index is 682. The quantitative estimate of drug-likeness (QED) is 0.946. The summed E-state index contributed by atoms with van der Waals surface area (Å²) in [6.07, 6.45) is -4.45. The standard InChI is InChI=1S/C13H13F3N2O2S/c1-18(6-13(14,15)16)12(19)11-10(17)8-4-3-7(20-2)5-9(8)21-11/h3-5H,6,17H2,1-2H3. The number of alkyl halides is 3. The number of methoxy groups -OCH3 is 1. The van der Waals surface area contributed by atoms with Gasteiger partial charge >= 0.3 is 6.18 Å². The van der Waals surface area contributed by atoms with Gasteiger partial charge in [-0.25, -0.2) is 0 Å². The predicted octanol–water partition coefficient (Wildman–Crippen LogP) is 3.13. The number of fused-ring (bicyclic) bond motifs is 1. The summed E-state index contributed by atoms with van der Waals surface area (Å²) in [5, 5.41) is 0.629. The van der Waals surface area contributed by atoms with Crippen molar-refractivity contribution in [2.45, 2.75) is 6.18 Å². The van der Waals surface area contributed by atoms with Crippen LogP contribution in [0.5, 0.6) is 5.75 Å². The predicted molar refractivity (Wildman–Crippen MR) is 75.8 cm³/mol. The lowest BCUT2D eigenvalue weighted by atomic mass is 10.2. The Kier molecular flexibility index (Phi) is 3.99. The molecule has 2 rings (SSSR count). The third kappa shape index (κ3) is 3.21. The van der Waals surface area contributed by atoms with Crippen molar-refractivity contribution < 1.29 is 22.7 Å². The molecule has 0 radical (unpaired) electrons. The number of halogens is 3. The molecule has 2 aromatic rings. The molecule has 1 amide bonds. The molecule has 0 unspecified atom stereocenters. The summed E-state index contributed by atoms with van der Waals surface area (Å²) in [5.41, 5.74) is 6.07. The monoisotopic (exact) mass is 318 g/mol. The number of hydrogen-bond donors (Lipinski definition) is 1. The highest BCUT2D eigenvalue weighted by Gasteiger charge is 2.32. The Morgan fingerprint density at radius 3 is 2.67 bits per heavy atom. The van der Waals surface area contributed by atoms with E-state index < -0.39 is 18.6 Å². The first-order valence-corrected chi connectivity index (χ1v) is 6.73. The van der Waals surface area contributed by atoms with Gasteiger partial charge in [-0.1, -0.05) is 0 Å². The largest absolute Gasteiger partial charge is 0.497 e. The first-order chi connectivity index (χ1) is 9.73. The van der Waals surface area contributed by atoms with Gasteiger partial charge < -0.3 is 15.4 Å². The Morgan fingerprint density at radius 1 is 1.43 bits per heavy atom. The van der Waals surface area contributed by atoms with E-state index in [-0.39, 0.29) is 10.6 Å². The fourth-order valence-electron chi connectivity index (χ4n) is 1.90. The minimum Gasteiger partial charge on any atom is -0.497 e. The number of anilines is 1. The van der Waals surface area contributed by atoms with Gasteiger partial charge in [-0.3, -0.25) is 4.79 Å². The number of rotatable bonds is 3. The summed E-state index contributed by atoms with van der Waals surface area (Å²) in [4.78, 5) is 12.8. The zero-order chi connectivity index (χ0) is 15.8. The first kappa shape index (κ1) is 15.4. The Hall–Kier alpha value is -1.96. The maximum atomic E-state index is 12.3. The first-order valence-electron chi connectivity index (χ1n) is 5.91. The van der Waals surface area contributed by atoms with Gasteiger partial charge in [0.2, 0.25) is 0 Å². The van der Waals surface area contributed by atoms with Crippen molar-refractivity contribution in [1.82, 2.24) is 4.90 Å². The molecule has 8 heteroatoms. The number of nitrogens with two attached hydrogens (primary N) is 1. The van der Waals surface area contributed by atoms with Crippen molar-refractivity contribution in [2.24, 2.45) is 0 Å². The maximum Gasteiger partial charge on any atom is 0.406 e. The number of carbonyl (C=O) groups is 1. The van der Waals surface area contributed by atoms with Crippen LogP contribution in [0.15, 0.2) is 18.2 Å². The summed E-state index contributed by atoms with van der Waals surface area (Å²) < 4.78 is 42.8. The van der Waals surface area contributed by atoms with Crippen LogP contribution in [0.2, 0.25) is 0 Å². The molecule has 0 spiro atoms. The van der Waals surface area contributed by atoms with Gasteiger partial charge in [-0.2, -0.15) is 13.2 Å². The molecular weight excluding hydrogens is 305 g/mol. The van der Waals surface area contributed by atoms with E-state index in [1.807, 2.05) is 0 Å². The molecule has 0 bridgehead atoms. The van der Waals surface area contributed by atoms with Crippen molar-refractivity contribution in [3.63, 3.8) is 0 Å². The number of thiophene rings is 1. The molecule has 4 nitrogen and oxygen atoms in total. The molecule has 0 atom stereocenters. The highest BCUT2D eigenvalue weighted by Crippen LogP contribution is 2.36. The molecule has 1 aromatic heterocycles. The molecule has 0 aliphatic rings. The molecule has 1 aromatic carbocycles. The number of carbonyl (C=O) groups excluding carboxylic acids is 1. The highest BCUT2D eigenvalue weighted by molar-refractivity contribution is 7.21. The number of hydrogen-bond acceptors (Lipinski definition) is 4. The second-order valence-corrected chi connectivity index (χ2v) is 5.54. The lowest BCUT2D eigenvalue weighted by Crippen LogP contribution is -2.35. The van der Waals surface area contributed by atoms with Crippen molar-refractivity contribution in [1.29, 1.82) is 0 Å². The summed E-state index contributed by atoms with van der Waals surface area (Å²) in [6.45, 7) is -1.32. The lowest BCUT2D eigenvalue weighted by Gasteiger charge is -2.18. The normalized spacial score (nSPS) is 11.7. The number of nitrogens with zero attached hydrogens (tertiary/aromatic N) is 1. The summed E-state index contributed by atoms with van der Waals surface area (Å²) >= 11 is 1.05. The van der Waals surface area contributed by atoms with Crippen LogP contribution in [-0.4, -0.2) is 37.7 Å². The average molecular weight is 318 g/mol. The fourth-order valence-corrected chi connectivity index (χ4v) is 3.04. The van der Waals surface area contributed by atoms with Gasteiger partial charge in [-0.05, 0) is 18.2 Å². The molecule has 0 saturated carbocycles. The Labute approximate surface area is 122 Å². The van der Waals surface area contributed by atoms with Crippen LogP contribution in [0.4, 0.5) is 18.9 Å². The van der Waals surface area contributed by atoms with E-state index in [1.54, 1.807) is 18.2 Å². The van der Waals surface area contributed by atoms with E-state index in [2.05, 4.69) is 0 Å². The number of nitrogen functional groups attached to an aromatic ring is 1. The molecule has 0 fully saturated rings. The van der Waals surface area contributed by atoms with Crippen LogP contribution in [0.3, 0.4) is 0 Å². The number of amides is 1. The summed E-state index contributed by atoms with van der Waals surface area (Å²) in [5.74, 6) is -0.156. The van der Waals surface area contributed by atoms with Crippen molar-refractivity contribution >= 4 is 33.0 Å². The smallest absolute Gasteiger partial charge is 0.406 e. The van der Waals surface area contributed by atoms with E-state index in [1.165, 1.54) is 7.11 Å². The van der Waals surface area contributed by atoms with E-state index >= 15 is 0 Å². The molecule has 21 heavy (non-hydrogen) atoms. The molecule has 1 heterocycles. The van der Waals surface area contributed by atoms with Crippen LogP contribution < -0.4 is 10.5 Å². The van der Waals surface area contributed by atoms with Gasteiger partial charge in [-0.15, -0.1) is 11.3 Å². The van der Waals surface area contributed by atoms with Gasteiger partial charge in [0.1, 0.15) is 17.2 Å². The van der Waals surface area contributed by atoms with E-state index in [9.17, 15) is 18.0 Å². The van der Waals surface area contributed by atoms with Gasteiger partial charge in [0.15, 0.2) is 0 Å². The van der Waals surface area contributed by atoms with Crippen molar-refractivity contribution in [3.8, 4) is 5.75 Å². The third-order valence-corrected chi connectivity index (χ3v) is 4.05. The number of ether oxygens (including phenoxy) is 1. The van der Waals surface area contributed by atoms with Gasteiger partial charge in [0, 0.05) is 17.1 Å². The third-order valence-electron chi connectivity index (χ3n) is 2.89. The summed E-state index contributed by atoms with van der Waals surface area (Å²) in [7, 11) is 2.60. The second-order valence-electron chi connectivity index (χ2n) is 4.48. The molecule has 0 aliphatic heterocycles. The minimum atomic E-state index is -4.45. The van der Waals surface area contributed by atoms with Crippen molar-refractivity contribution in [2.75, 3.05) is 26.4 Å². The zero-order valence-electron chi connectivity index (χ0n) is 11.3. The average Bonchev–Trinajstić information content (AvgIpc) is 2.72. The van der Waals surface area contributed by atoms with Crippen LogP contribution in [0.25, 0.3) is 10.1 Å². The fraction of sp³-hybridized carbons (Fsp3) is 0.308. The van der Waals surface area contributed by atoms with E-state index in [0.717, 1.165) is 18.4 Å². The molecule has 0 saturated heterocycles. The van der Waals surface area contributed by atoms with E-state index in [0.29, 0.717) is 20.7 Å². The Morgan fingerprint density at radius 2 is 2.10 bits per heavy atom. The molecule has 114 valence electrons. The maximum absolute atomic E-state index is 12.3. The van der Waals surface area contributed by atoms with Crippen molar-refractivity contribution in [3.05, 3.63) is 23.1 Å². The second kappa shape index (κ2) is 5.44. The zero-order valence-corrected chi connectivity index (χ0v) is 12.1. The highest BCUT2D eigenvalue weighted by atomic mass is 32.1. The van der Waals surface area contributed by atoms with Crippen LogP contribution >= 0.6 is 11.3 Å². The minimum absolute atomic E-state index is 0.102. The molecule has 2 N–H and O–H groups in total.